The molecule has 0 saturated carbocycles. The molecule has 0 aliphatic carbocycles. The van der Waals surface area contributed by atoms with Crippen LogP contribution < -0.4 is 0 Å². The van der Waals surface area contributed by atoms with Crippen molar-refractivity contribution in [3.05, 3.63) is 35.9 Å². The first kappa shape index (κ1) is 20.7. The van der Waals surface area contributed by atoms with Crippen molar-refractivity contribution >= 4 is 16.1 Å². The molecule has 0 radical (unpaired) electrons. The Morgan fingerprint density at radius 1 is 0.792 bits per heavy atom. The number of hydrogen-bond acceptors (Lipinski definition) is 2. The predicted molar refractivity (Wildman–Crippen MR) is 108 cm³/mol. The fourth-order valence-corrected chi connectivity index (χ4v) is 19.2. The molecule has 0 saturated heterocycles. The molecule has 0 aromatic heterocycles. The van der Waals surface area contributed by atoms with Gasteiger partial charge in [0, 0.05) is 12.1 Å². The number of hydrogen-bond donors (Lipinski definition) is 0. The zero-order chi connectivity index (χ0) is 18.1. The summed E-state index contributed by atoms with van der Waals surface area (Å²) in [6.07, 6.45) is 1.08. The molecule has 1 aromatic carbocycles. The van der Waals surface area contributed by atoms with E-state index >= 15 is 0 Å². The van der Waals surface area contributed by atoms with E-state index in [9.17, 15) is 10.5 Å². The van der Waals surface area contributed by atoms with Gasteiger partial charge in [0.2, 0.25) is 0 Å². The van der Waals surface area contributed by atoms with Crippen molar-refractivity contribution in [1.82, 2.24) is 0 Å². The zero-order valence-electron chi connectivity index (χ0n) is 15.8. The lowest BCUT2D eigenvalue weighted by atomic mass is 10.2. The summed E-state index contributed by atoms with van der Waals surface area (Å²) in [6.45, 7) is 9.17. The van der Waals surface area contributed by atoms with Crippen molar-refractivity contribution < 1.29 is 0 Å². The molecule has 130 valence electrons. The summed E-state index contributed by atoms with van der Waals surface area (Å²) in [4.78, 5) is 0. The SMILES string of the molecule is CC[Si](CC)(CC#N)C(Cc1ccccc1)[Si](CC)(CC)CC#N. The van der Waals surface area contributed by atoms with Crippen LogP contribution in [0.1, 0.15) is 33.3 Å². The second kappa shape index (κ2) is 9.81. The molecule has 0 amide bonds. The van der Waals surface area contributed by atoms with E-state index in [1.54, 1.807) is 0 Å². The highest BCUT2D eigenvalue weighted by molar-refractivity contribution is 6.99. The Morgan fingerprint density at radius 3 is 1.54 bits per heavy atom. The zero-order valence-corrected chi connectivity index (χ0v) is 17.8. The summed E-state index contributed by atoms with van der Waals surface area (Å²) >= 11 is 0. The number of benzene rings is 1. The number of nitrogens with zero attached hydrogens (tertiary/aromatic N) is 2. The smallest absolute Gasteiger partial charge is 0.0695 e. The molecule has 0 heterocycles. The van der Waals surface area contributed by atoms with E-state index in [-0.39, 0.29) is 0 Å². The maximum Gasteiger partial charge on any atom is 0.0695 e. The quantitative estimate of drug-likeness (QED) is 0.471. The first-order valence-corrected chi connectivity index (χ1v) is 14.8. The van der Waals surface area contributed by atoms with Crippen molar-refractivity contribution in [2.45, 2.75) is 75.5 Å². The molecular weight excluding hydrogens is 324 g/mol. The van der Waals surface area contributed by atoms with Crippen LogP contribution in [0.25, 0.3) is 0 Å². The largest absolute Gasteiger partial charge is 0.199 e. The minimum Gasteiger partial charge on any atom is -0.199 e. The molecule has 0 N–H and O–H groups in total. The highest BCUT2D eigenvalue weighted by Crippen LogP contribution is 2.46. The van der Waals surface area contributed by atoms with Gasteiger partial charge in [-0.3, -0.25) is 0 Å². The van der Waals surface area contributed by atoms with E-state index < -0.39 is 16.1 Å². The summed E-state index contributed by atoms with van der Waals surface area (Å²) < 4.78 is 0. The van der Waals surface area contributed by atoms with E-state index in [0.717, 1.165) is 42.7 Å². The van der Waals surface area contributed by atoms with Crippen LogP contribution >= 0.6 is 0 Å². The van der Waals surface area contributed by atoms with E-state index in [0.29, 0.717) is 5.16 Å². The van der Waals surface area contributed by atoms with Crippen LogP contribution in [0.2, 0.25) is 41.4 Å². The van der Waals surface area contributed by atoms with Crippen molar-refractivity contribution in [1.29, 1.82) is 10.5 Å². The number of rotatable bonds is 10. The molecule has 0 bridgehead atoms. The lowest BCUT2D eigenvalue weighted by Gasteiger charge is -2.47. The Kier molecular flexibility index (Phi) is 8.46. The fourth-order valence-electron chi connectivity index (χ4n) is 4.48. The van der Waals surface area contributed by atoms with Crippen LogP contribution in [0.3, 0.4) is 0 Å². The van der Waals surface area contributed by atoms with E-state index in [1.807, 2.05) is 0 Å². The second-order valence-corrected chi connectivity index (χ2v) is 18.0. The monoisotopic (exact) mass is 356 g/mol. The van der Waals surface area contributed by atoms with Gasteiger partial charge in [0.1, 0.15) is 0 Å². The third-order valence-electron chi connectivity index (χ3n) is 6.44. The van der Waals surface area contributed by atoms with Crippen LogP contribution in [-0.4, -0.2) is 16.1 Å². The molecule has 0 spiro atoms. The fraction of sp³-hybridized carbons (Fsp3) is 0.600. The molecule has 24 heavy (non-hydrogen) atoms. The van der Waals surface area contributed by atoms with E-state index in [4.69, 9.17) is 0 Å². The van der Waals surface area contributed by atoms with Crippen LogP contribution in [0.5, 0.6) is 0 Å². The van der Waals surface area contributed by atoms with Crippen LogP contribution in [0.15, 0.2) is 30.3 Å². The van der Waals surface area contributed by atoms with Crippen LogP contribution in [0, 0.1) is 22.7 Å². The third-order valence-corrected chi connectivity index (χ3v) is 20.8. The van der Waals surface area contributed by atoms with E-state index in [2.05, 4.69) is 70.2 Å². The molecule has 1 rings (SSSR count). The summed E-state index contributed by atoms with van der Waals surface area (Å²) in [6, 6.07) is 22.0. The van der Waals surface area contributed by atoms with Gasteiger partial charge < -0.3 is 0 Å². The first-order valence-electron chi connectivity index (χ1n) is 9.35. The molecule has 0 aliphatic rings. The summed E-state index contributed by atoms with van der Waals surface area (Å²) in [5.41, 5.74) is 1.39. The average Bonchev–Trinajstić information content (AvgIpc) is 2.64. The van der Waals surface area contributed by atoms with E-state index in [1.165, 1.54) is 5.56 Å². The van der Waals surface area contributed by atoms with Gasteiger partial charge in [-0.25, -0.2) is 0 Å². The molecule has 2 nitrogen and oxygen atoms in total. The third kappa shape index (κ3) is 4.38. The molecule has 0 unspecified atom stereocenters. The van der Waals surface area contributed by atoms with Gasteiger partial charge in [-0.05, 0) is 17.1 Å². The minimum absolute atomic E-state index is 0.622. The lowest BCUT2D eigenvalue weighted by Crippen LogP contribution is -2.54. The predicted octanol–water partition coefficient (Wildman–Crippen LogP) is 6.16. The Hall–Kier alpha value is -1.37. The number of nitriles is 2. The molecule has 0 atom stereocenters. The standard InChI is InChI=1S/C20H32N2Si2/c1-5-23(6-2,16-14-21)20(18-19-12-10-9-11-13-19)24(7-3,8-4)17-15-22/h9-13,20H,5-8,16-18H2,1-4H3. The first-order chi connectivity index (χ1) is 11.6. The van der Waals surface area contributed by atoms with Gasteiger partial charge in [-0.15, -0.1) is 0 Å². The minimum atomic E-state index is -1.72. The molecule has 1 aromatic rings. The van der Waals surface area contributed by atoms with Crippen molar-refractivity contribution in [2.24, 2.45) is 0 Å². The van der Waals surface area contributed by atoms with Gasteiger partial charge in [-0.1, -0.05) is 82.2 Å². The summed E-state index contributed by atoms with van der Waals surface area (Å²) in [5, 5.41) is 19.7. The normalized spacial score (nSPS) is 12.0. The second-order valence-electron chi connectivity index (χ2n) is 7.05. The van der Waals surface area contributed by atoms with Crippen LogP contribution in [0.4, 0.5) is 0 Å². The summed E-state index contributed by atoms with van der Waals surface area (Å²) in [5.74, 6) is 0. The average molecular weight is 357 g/mol. The highest BCUT2D eigenvalue weighted by atomic mass is 28.4. The highest BCUT2D eigenvalue weighted by Gasteiger charge is 2.49. The Bertz CT molecular complexity index is 532. The topological polar surface area (TPSA) is 47.6 Å². The van der Waals surface area contributed by atoms with Crippen molar-refractivity contribution in [3.8, 4) is 12.1 Å². The summed E-state index contributed by atoms with van der Waals surface area (Å²) in [7, 11) is -3.44. The maximum atomic E-state index is 9.56. The van der Waals surface area contributed by atoms with Gasteiger partial charge in [-0.2, -0.15) is 10.5 Å². The lowest BCUT2D eigenvalue weighted by molar-refractivity contribution is 0.915. The van der Waals surface area contributed by atoms with Crippen molar-refractivity contribution in [3.63, 3.8) is 0 Å². The van der Waals surface area contributed by atoms with Gasteiger partial charge in [0.25, 0.3) is 0 Å². The Morgan fingerprint density at radius 2 is 1.21 bits per heavy atom. The van der Waals surface area contributed by atoms with Crippen LogP contribution in [-0.2, 0) is 6.42 Å². The molecule has 0 aliphatic heterocycles. The Labute approximate surface area is 150 Å². The Balaban J connectivity index is 3.44. The maximum absolute atomic E-state index is 9.56. The van der Waals surface area contributed by atoms with Gasteiger partial charge in [0.05, 0.1) is 28.3 Å². The van der Waals surface area contributed by atoms with Gasteiger partial charge in [0.15, 0.2) is 0 Å². The molecular formula is C20H32N2Si2. The molecule has 4 heteroatoms. The van der Waals surface area contributed by atoms with Crippen molar-refractivity contribution in [2.75, 3.05) is 0 Å². The van der Waals surface area contributed by atoms with Gasteiger partial charge >= 0.3 is 0 Å². The molecule has 0 fully saturated rings.